The van der Waals surface area contributed by atoms with Crippen molar-refractivity contribution in [1.29, 1.82) is 0 Å². The summed E-state index contributed by atoms with van der Waals surface area (Å²) < 4.78 is 5.34. The molecule has 0 spiro atoms. The van der Waals surface area contributed by atoms with E-state index in [1.165, 1.54) is 0 Å². The Balaban J connectivity index is 1.83. The van der Waals surface area contributed by atoms with Crippen molar-refractivity contribution in [1.82, 2.24) is 16.0 Å². The molecule has 0 heterocycles. The SMILES string of the molecule is CCNC(=NCC(O)c1ccccc1Cl)NC1CCC(NC(=O)OC(C)(C)C)CC1. The Hall–Kier alpha value is -1.99. The zero-order chi connectivity index (χ0) is 22.1. The number of aliphatic hydroxyl groups excluding tert-OH is 1. The third-order valence-electron chi connectivity index (χ3n) is 4.82. The van der Waals surface area contributed by atoms with Crippen molar-refractivity contribution in [3.05, 3.63) is 34.9 Å². The molecule has 1 fully saturated rings. The summed E-state index contributed by atoms with van der Waals surface area (Å²) in [5.41, 5.74) is 0.182. The van der Waals surface area contributed by atoms with Gasteiger partial charge in [-0.15, -0.1) is 0 Å². The molecule has 0 radical (unpaired) electrons. The maximum absolute atomic E-state index is 12.0. The number of hydrogen-bond donors (Lipinski definition) is 4. The number of halogens is 1. The average molecular weight is 439 g/mol. The summed E-state index contributed by atoms with van der Waals surface area (Å²) in [6, 6.07) is 7.64. The molecule has 0 aromatic heterocycles. The second-order valence-electron chi connectivity index (χ2n) is 8.60. The Kier molecular flexibility index (Phi) is 9.24. The van der Waals surface area contributed by atoms with Crippen LogP contribution in [-0.2, 0) is 4.74 Å². The summed E-state index contributed by atoms with van der Waals surface area (Å²) in [7, 11) is 0. The Labute approximate surface area is 184 Å². The van der Waals surface area contributed by atoms with Crippen LogP contribution in [0.25, 0.3) is 0 Å². The molecule has 7 nitrogen and oxygen atoms in total. The van der Waals surface area contributed by atoms with Crippen LogP contribution in [0.15, 0.2) is 29.3 Å². The standard InChI is InChI=1S/C22H35ClN4O3/c1-5-24-20(25-14-19(28)17-8-6-7-9-18(17)23)26-15-10-12-16(13-11-15)27-21(29)30-22(2,3)4/h6-9,15-16,19,28H,5,10-14H2,1-4H3,(H,27,29)(H2,24,25,26). The van der Waals surface area contributed by atoms with Crippen molar-refractivity contribution >= 4 is 23.7 Å². The molecule has 1 aromatic carbocycles. The van der Waals surface area contributed by atoms with E-state index in [1.54, 1.807) is 6.07 Å². The van der Waals surface area contributed by atoms with Crippen molar-refractivity contribution < 1.29 is 14.6 Å². The molecule has 30 heavy (non-hydrogen) atoms. The normalized spacial score (nSPS) is 20.9. The number of guanidine groups is 1. The number of benzene rings is 1. The number of carbonyl (C=O) groups excluding carboxylic acids is 1. The topological polar surface area (TPSA) is 95.0 Å². The monoisotopic (exact) mass is 438 g/mol. The van der Waals surface area contributed by atoms with Gasteiger partial charge in [-0.3, -0.25) is 4.99 Å². The Bertz CT molecular complexity index is 713. The van der Waals surface area contributed by atoms with Gasteiger partial charge in [0.25, 0.3) is 0 Å². The van der Waals surface area contributed by atoms with Crippen LogP contribution >= 0.6 is 11.6 Å². The fraction of sp³-hybridized carbons (Fsp3) is 0.636. The zero-order valence-electron chi connectivity index (χ0n) is 18.4. The molecule has 1 aliphatic carbocycles. The van der Waals surface area contributed by atoms with Crippen LogP contribution in [0.2, 0.25) is 5.02 Å². The lowest BCUT2D eigenvalue weighted by atomic mass is 9.91. The predicted molar refractivity (Wildman–Crippen MR) is 121 cm³/mol. The van der Waals surface area contributed by atoms with E-state index in [4.69, 9.17) is 16.3 Å². The van der Waals surface area contributed by atoms with E-state index in [2.05, 4.69) is 20.9 Å². The number of alkyl carbamates (subject to hydrolysis) is 1. The van der Waals surface area contributed by atoms with Crippen LogP contribution < -0.4 is 16.0 Å². The summed E-state index contributed by atoms with van der Waals surface area (Å²) in [5, 5.41) is 20.6. The highest BCUT2D eigenvalue weighted by molar-refractivity contribution is 6.31. The van der Waals surface area contributed by atoms with Crippen molar-refractivity contribution in [2.24, 2.45) is 4.99 Å². The van der Waals surface area contributed by atoms with E-state index in [1.807, 2.05) is 45.9 Å². The first kappa shape index (κ1) is 24.3. The van der Waals surface area contributed by atoms with Gasteiger partial charge in [-0.2, -0.15) is 0 Å². The van der Waals surface area contributed by atoms with Gasteiger partial charge in [-0.1, -0.05) is 29.8 Å². The molecule has 0 aliphatic heterocycles. The first-order chi connectivity index (χ1) is 14.2. The van der Waals surface area contributed by atoms with Crippen LogP contribution in [-0.4, -0.2) is 47.9 Å². The molecule has 0 saturated heterocycles. The summed E-state index contributed by atoms with van der Waals surface area (Å²) in [4.78, 5) is 16.5. The van der Waals surface area contributed by atoms with E-state index in [0.717, 1.165) is 32.2 Å². The van der Waals surface area contributed by atoms with E-state index in [9.17, 15) is 9.90 Å². The summed E-state index contributed by atoms with van der Waals surface area (Å²) in [6.07, 6.45) is 2.46. The Morgan fingerprint density at radius 3 is 2.37 bits per heavy atom. The molecule has 1 unspecified atom stereocenters. The second-order valence-corrected chi connectivity index (χ2v) is 9.00. The lowest BCUT2D eigenvalue weighted by Gasteiger charge is -2.31. The van der Waals surface area contributed by atoms with Gasteiger partial charge in [0.05, 0.1) is 6.54 Å². The van der Waals surface area contributed by atoms with E-state index in [-0.39, 0.29) is 24.7 Å². The van der Waals surface area contributed by atoms with Gasteiger partial charge < -0.3 is 25.8 Å². The fourth-order valence-corrected chi connectivity index (χ4v) is 3.65. The van der Waals surface area contributed by atoms with Crippen LogP contribution in [0.3, 0.4) is 0 Å². The van der Waals surface area contributed by atoms with Crippen LogP contribution in [0.4, 0.5) is 4.79 Å². The van der Waals surface area contributed by atoms with Gasteiger partial charge in [0.1, 0.15) is 11.7 Å². The van der Waals surface area contributed by atoms with Crippen molar-refractivity contribution in [3.8, 4) is 0 Å². The minimum absolute atomic E-state index is 0.125. The molecule has 8 heteroatoms. The molecule has 2 rings (SSSR count). The number of rotatable bonds is 6. The third-order valence-corrected chi connectivity index (χ3v) is 5.16. The molecule has 1 aliphatic rings. The number of aliphatic imine (C=N–C) groups is 1. The quantitative estimate of drug-likeness (QED) is 0.400. The summed E-state index contributed by atoms with van der Waals surface area (Å²) >= 11 is 6.16. The van der Waals surface area contributed by atoms with E-state index in [0.29, 0.717) is 16.5 Å². The molecule has 1 aromatic rings. The molecule has 168 valence electrons. The number of nitrogens with zero attached hydrogens (tertiary/aromatic N) is 1. The summed E-state index contributed by atoms with van der Waals surface area (Å²) in [5.74, 6) is 0.673. The highest BCUT2D eigenvalue weighted by Crippen LogP contribution is 2.23. The smallest absolute Gasteiger partial charge is 0.407 e. The van der Waals surface area contributed by atoms with Gasteiger partial charge in [0, 0.05) is 29.2 Å². The molecular weight excluding hydrogens is 404 g/mol. The van der Waals surface area contributed by atoms with Crippen LogP contribution in [0, 0.1) is 0 Å². The Morgan fingerprint density at radius 1 is 1.20 bits per heavy atom. The lowest BCUT2D eigenvalue weighted by molar-refractivity contribution is 0.0490. The average Bonchev–Trinajstić information content (AvgIpc) is 2.66. The number of aliphatic hydroxyl groups is 1. The third kappa shape index (κ3) is 8.40. The van der Waals surface area contributed by atoms with Crippen LogP contribution in [0.5, 0.6) is 0 Å². The molecule has 4 N–H and O–H groups in total. The minimum atomic E-state index is -0.761. The fourth-order valence-electron chi connectivity index (χ4n) is 3.39. The largest absolute Gasteiger partial charge is 0.444 e. The molecule has 0 bridgehead atoms. The number of carbonyl (C=O) groups is 1. The van der Waals surface area contributed by atoms with Crippen LogP contribution in [0.1, 0.15) is 65.0 Å². The van der Waals surface area contributed by atoms with Gasteiger partial charge in [0.2, 0.25) is 0 Å². The highest BCUT2D eigenvalue weighted by atomic mass is 35.5. The summed E-state index contributed by atoms with van der Waals surface area (Å²) in [6.45, 7) is 8.52. The Morgan fingerprint density at radius 2 is 1.80 bits per heavy atom. The number of hydrogen-bond acceptors (Lipinski definition) is 4. The molecular formula is C22H35ClN4O3. The maximum Gasteiger partial charge on any atom is 0.407 e. The number of amides is 1. The molecule has 1 atom stereocenters. The van der Waals surface area contributed by atoms with Crippen molar-refractivity contribution in [2.75, 3.05) is 13.1 Å². The highest BCUT2D eigenvalue weighted by Gasteiger charge is 2.25. The zero-order valence-corrected chi connectivity index (χ0v) is 19.1. The van der Waals surface area contributed by atoms with Gasteiger partial charge in [0.15, 0.2) is 5.96 Å². The minimum Gasteiger partial charge on any atom is -0.444 e. The maximum atomic E-state index is 12.0. The number of ether oxygens (including phenoxy) is 1. The van der Waals surface area contributed by atoms with Gasteiger partial charge >= 0.3 is 6.09 Å². The van der Waals surface area contributed by atoms with Crippen molar-refractivity contribution in [2.45, 2.75) is 77.2 Å². The number of nitrogens with one attached hydrogen (secondary N) is 3. The van der Waals surface area contributed by atoms with Gasteiger partial charge in [-0.05, 0) is 59.4 Å². The second kappa shape index (κ2) is 11.4. The lowest BCUT2D eigenvalue weighted by Crippen LogP contribution is -2.48. The first-order valence-electron chi connectivity index (χ1n) is 10.6. The first-order valence-corrected chi connectivity index (χ1v) is 11.0. The predicted octanol–water partition coefficient (Wildman–Crippen LogP) is 3.76. The van der Waals surface area contributed by atoms with E-state index < -0.39 is 11.7 Å². The molecule has 1 amide bonds. The van der Waals surface area contributed by atoms with E-state index >= 15 is 0 Å². The van der Waals surface area contributed by atoms with Gasteiger partial charge in [-0.25, -0.2) is 4.79 Å². The van der Waals surface area contributed by atoms with Crippen molar-refractivity contribution in [3.63, 3.8) is 0 Å². The molecule has 1 saturated carbocycles.